The summed E-state index contributed by atoms with van der Waals surface area (Å²) in [6.07, 6.45) is 0. The molecule has 1 aromatic carbocycles. The van der Waals surface area contributed by atoms with Gasteiger partial charge in [0.1, 0.15) is 5.75 Å². The van der Waals surface area contributed by atoms with E-state index in [0.717, 1.165) is 11.3 Å². The van der Waals surface area contributed by atoms with Crippen LogP contribution in [0.2, 0.25) is 0 Å². The van der Waals surface area contributed by atoms with Crippen molar-refractivity contribution in [3.05, 3.63) is 29.6 Å². The van der Waals surface area contributed by atoms with Crippen LogP contribution in [0.25, 0.3) is 11.3 Å². The quantitative estimate of drug-likeness (QED) is 0.794. The van der Waals surface area contributed by atoms with Crippen LogP contribution in [0.1, 0.15) is 0 Å². The molecule has 0 aliphatic heterocycles. The number of phenols is 1. The zero-order chi connectivity index (χ0) is 9.26. The molecule has 2 rings (SSSR count). The third-order valence-corrected chi connectivity index (χ3v) is 2.36. The number of aromatic nitrogens is 1. The van der Waals surface area contributed by atoms with Gasteiger partial charge in [0.2, 0.25) is 0 Å². The number of benzene rings is 1. The molecular weight excluding hydrogens is 311 g/mol. The molecule has 0 unspecified atom stereocenters. The molecule has 0 atom stereocenters. The van der Waals surface area contributed by atoms with Gasteiger partial charge in [-0.05, 0) is 24.3 Å². The van der Waals surface area contributed by atoms with Gasteiger partial charge in [0.25, 0.3) is 0 Å². The maximum absolute atomic E-state index is 9.07. The van der Waals surface area contributed by atoms with E-state index in [1.54, 1.807) is 12.1 Å². The van der Waals surface area contributed by atoms with Crippen LogP contribution in [-0.4, -0.2) is 10.1 Å². The molecule has 3 nitrogen and oxygen atoms in total. The summed E-state index contributed by atoms with van der Waals surface area (Å²) < 4.78 is 0. The second-order valence-corrected chi connectivity index (χ2v) is 3.51. The number of aromatic hydroxyl groups is 1. The fourth-order valence-electron chi connectivity index (χ4n) is 1.05. The Kier molecular flexibility index (Phi) is 3.70. The van der Waals surface area contributed by atoms with Crippen molar-refractivity contribution in [2.75, 3.05) is 5.73 Å². The molecule has 0 aliphatic carbocycles. The molecule has 0 fully saturated rings. The summed E-state index contributed by atoms with van der Waals surface area (Å²) >= 11 is 1.41. The number of hydrogen-bond acceptors (Lipinski definition) is 4. The second-order valence-electron chi connectivity index (χ2n) is 2.62. The summed E-state index contributed by atoms with van der Waals surface area (Å²) in [5, 5.41) is 11.5. The van der Waals surface area contributed by atoms with Gasteiger partial charge in [-0.2, -0.15) is 0 Å². The van der Waals surface area contributed by atoms with Crippen molar-refractivity contribution in [1.82, 2.24) is 4.98 Å². The average Bonchev–Trinajstić information content (AvgIpc) is 2.53. The Morgan fingerprint density at radius 3 is 2.36 bits per heavy atom. The zero-order valence-corrected chi connectivity index (χ0v) is 10.3. The predicted octanol–water partition coefficient (Wildman–Crippen LogP) is 2.72. The summed E-state index contributed by atoms with van der Waals surface area (Å²) in [5.41, 5.74) is 7.32. The Labute approximate surface area is 103 Å². The van der Waals surface area contributed by atoms with E-state index in [9.17, 15) is 0 Å². The number of anilines is 1. The van der Waals surface area contributed by atoms with Gasteiger partial charge in [-0.25, -0.2) is 4.98 Å². The molecule has 3 N–H and O–H groups in total. The van der Waals surface area contributed by atoms with Gasteiger partial charge in [0.05, 0.1) is 5.69 Å². The zero-order valence-electron chi connectivity index (χ0n) is 7.18. The third-order valence-electron chi connectivity index (χ3n) is 1.69. The number of rotatable bonds is 1. The standard InChI is InChI=1S/C9H8N2OS.HI/c10-9-11-8(5-13-9)6-1-3-7(12)4-2-6;/h1-5,12H,(H2,10,11);1H. The van der Waals surface area contributed by atoms with Crippen molar-refractivity contribution >= 4 is 40.4 Å². The molecule has 14 heavy (non-hydrogen) atoms. The lowest BCUT2D eigenvalue weighted by molar-refractivity contribution is 0.475. The SMILES string of the molecule is I.Nc1nc(-c2ccc(O)cc2)cs1. The summed E-state index contributed by atoms with van der Waals surface area (Å²) in [6, 6.07) is 6.88. The van der Waals surface area contributed by atoms with E-state index >= 15 is 0 Å². The largest absolute Gasteiger partial charge is 0.508 e. The molecule has 74 valence electrons. The van der Waals surface area contributed by atoms with Gasteiger partial charge in [-0.15, -0.1) is 35.3 Å². The molecular formula is C9H9IN2OS. The molecule has 0 bridgehead atoms. The first-order chi connectivity index (χ1) is 6.25. The van der Waals surface area contributed by atoms with Crippen LogP contribution in [0.3, 0.4) is 0 Å². The molecule has 0 saturated heterocycles. The highest BCUT2D eigenvalue weighted by atomic mass is 127. The number of thiazole rings is 1. The van der Waals surface area contributed by atoms with E-state index in [1.807, 2.05) is 17.5 Å². The molecule has 2 aromatic rings. The van der Waals surface area contributed by atoms with Crippen LogP contribution in [0, 0.1) is 0 Å². The van der Waals surface area contributed by atoms with Crippen molar-refractivity contribution in [2.24, 2.45) is 0 Å². The van der Waals surface area contributed by atoms with Gasteiger partial charge in [0, 0.05) is 10.9 Å². The van der Waals surface area contributed by atoms with Crippen LogP contribution < -0.4 is 5.73 Å². The van der Waals surface area contributed by atoms with E-state index in [2.05, 4.69) is 4.98 Å². The molecule has 0 saturated carbocycles. The normalized spacial score (nSPS) is 9.43. The summed E-state index contributed by atoms with van der Waals surface area (Å²) in [7, 11) is 0. The predicted molar refractivity (Wildman–Crippen MR) is 69.0 cm³/mol. The Morgan fingerprint density at radius 1 is 1.21 bits per heavy atom. The Morgan fingerprint density at radius 2 is 1.86 bits per heavy atom. The smallest absolute Gasteiger partial charge is 0.180 e. The van der Waals surface area contributed by atoms with Crippen molar-refractivity contribution in [2.45, 2.75) is 0 Å². The molecule has 1 aromatic heterocycles. The fraction of sp³-hybridized carbons (Fsp3) is 0. The van der Waals surface area contributed by atoms with Gasteiger partial charge in [-0.1, -0.05) is 0 Å². The summed E-state index contributed by atoms with van der Waals surface area (Å²) in [5.74, 6) is 0.256. The monoisotopic (exact) mass is 320 g/mol. The topological polar surface area (TPSA) is 59.1 Å². The first-order valence-corrected chi connectivity index (χ1v) is 4.64. The van der Waals surface area contributed by atoms with Crippen molar-refractivity contribution in [1.29, 1.82) is 0 Å². The van der Waals surface area contributed by atoms with Gasteiger partial charge < -0.3 is 10.8 Å². The average molecular weight is 320 g/mol. The van der Waals surface area contributed by atoms with Crippen molar-refractivity contribution < 1.29 is 5.11 Å². The number of phenolic OH excluding ortho intramolecular Hbond substituents is 1. The van der Waals surface area contributed by atoms with Gasteiger partial charge in [-0.3, -0.25) is 0 Å². The highest BCUT2D eigenvalue weighted by molar-refractivity contribution is 14.0. The first kappa shape index (κ1) is 11.3. The Hall–Kier alpha value is -0.820. The lowest BCUT2D eigenvalue weighted by Gasteiger charge is -1.95. The van der Waals surface area contributed by atoms with Gasteiger partial charge >= 0.3 is 0 Å². The van der Waals surface area contributed by atoms with Gasteiger partial charge in [0.15, 0.2) is 5.13 Å². The lowest BCUT2D eigenvalue weighted by atomic mass is 10.2. The highest BCUT2D eigenvalue weighted by Gasteiger charge is 2.01. The van der Waals surface area contributed by atoms with E-state index in [-0.39, 0.29) is 29.7 Å². The van der Waals surface area contributed by atoms with Crippen LogP contribution in [0.4, 0.5) is 5.13 Å². The minimum atomic E-state index is 0. The van der Waals surface area contributed by atoms with Crippen LogP contribution in [0.15, 0.2) is 29.6 Å². The minimum absolute atomic E-state index is 0. The summed E-state index contributed by atoms with van der Waals surface area (Å²) in [6.45, 7) is 0. The highest BCUT2D eigenvalue weighted by Crippen LogP contribution is 2.24. The Balaban J connectivity index is 0.000000980. The summed E-state index contributed by atoms with van der Waals surface area (Å²) in [4.78, 5) is 4.13. The van der Waals surface area contributed by atoms with Crippen molar-refractivity contribution in [3.63, 3.8) is 0 Å². The maximum atomic E-state index is 9.07. The number of nitrogen functional groups attached to an aromatic ring is 1. The second kappa shape index (κ2) is 4.61. The number of halogens is 1. The number of nitrogens with zero attached hydrogens (tertiary/aromatic N) is 1. The lowest BCUT2D eigenvalue weighted by Crippen LogP contribution is -1.82. The molecule has 0 spiro atoms. The van der Waals surface area contributed by atoms with E-state index < -0.39 is 0 Å². The molecule has 0 radical (unpaired) electrons. The van der Waals surface area contributed by atoms with E-state index in [4.69, 9.17) is 10.8 Å². The van der Waals surface area contributed by atoms with E-state index in [1.165, 1.54) is 11.3 Å². The van der Waals surface area contributed by atoms with Crippen LogP contribution in [0.5, 0.6) is 5.75 Å². The molecule has 1 heterocycles. The molecule has 0 aliphatic rings. The van der Waals surface area contributed by atoms with E-state index in [0.29, 0.717) is 5.13 Å². The van der Waals surface area contributed by atoms with Crippen molar-refractivity contribution in [3.8, 4) is 17.0 Å². The Bertz CT molecular complexity index is 413. The minimum Gasteiger partial charge on any atom is -0.508 e. The third kappa shape index (κ3) is 2.36. The molecule has 0 amide bonds. The van der Waals surface area contributed by atoms with Crippen LogP contribution in [-0.2, 0) is 0 Å². The fourth-order valence-corrected chi connectivity index (χ4v) is 1.62. The molecule has 5 heteroatoms. The van der Waals surface area contributed by atoms with Crippen LogP contribution >= 0.6 is 35.3 Å². The number of hydrogen-bond donors (Lipinski definition) is 2. The first-order valence-electron chi connectivity index (χ1n) is 3.76. The maximum Gasteiger partial charge on any atom is 0.180 e. The number of nitrogens with two attached hydrogens (primary N) is 1.